The molecule has 3 aliphatic rings. The third-order valence-electron chi connectivity index (χ3n) is 7.96. The summed E-state index contributed by atoms with van der Waals surface area (Å²) in [6, 6.07) is 0. The fraction of sp³-hybridized carbons (Fsp3) is 0.818. The van der Waals surface area contributed by atoms with Gasteiger partial charge in [0.05, 0.1) is 12.7 Å². The second kappa shape index (κ2) is 7.54. The number of allylic oxidation sites excluding steroid dienone is 2. The highest BCUT2D eigenvalue weighted by atomic mass is 16.3. The van der Waals surface area contributed by atoms with Crippen LogP contribution in [0, 0.1) is 40.9 Å². The fourth-order valence-corrected chi connectivity index (χ4v) is 6.67. The number of fused-ring (bicyclic) bond motifs is 1. The van der Waals surface area contributed by atoms with Crippen LogP contribution in [0.3, 0.4) is 0 Å². The lowest BCUT2D eigenvalue weighted by atomic mass is 9.50. The van der Waals surface area contributed by atoms with E-state index in [1.54, 1.807) is 0 Å². The Bertz CT molecular complexity index is 513. The van der Waals surface area contributed by atoms with Gasteiger partial charge in [0, 0.05) is 6.61 Å². The molecule has 8 atom stereocenters. The van der Waals surface area contributed by atoms with Gasteiger partial charge in [0.15, 0.2) is 0 Å². The lowest BCUT2D eigenvalue weighted by molar-refractivity contribution is -0.0799. The Labute approximate surface area is 152 Å². The summed E-state index contributed by atoms with van der Waals surface area (Å²) in [5, 5.41) is 29.8. The molecule has 0 amide bonds. The Morgan fingerprint density at radius 2 is 2.00 bits per heavy atom. The predicted molar refractivity (Wildman–Crippen MR) is 101 cm³/mol. The van der Waals surface area contributed by atoms with Crippen LogP contribution in [0.25, 0.3) is 0 Å². The summed E-state index contributed by atoms with van der Waals surface area (Å²) in [4.78, 5) is 0. The molecule has 3 fully saturated rings. The number of aliphatic hydroxyl groups excluding tert-OH is 3. The monoisotopic (exact) mass is 348 g/mol. The van der Waals surface area contributed by atoms with Crippen molar-refractivity contribution in [2.24, 2.45) is 40.9 Å². The molecule has 142 valence electrons. The highest BCUT2D eigenvalue weighted by molar-refractivity contribution is 5.16. The molecule has 0 aliphatic heterocycles. The van der Waals surface area contributed by atoms with Crippen molar-refractivity contribution < 1.29 is 15.3 Å². The van der Waals surface area contributed by atoms with E-state index in [-0.39, 0.29) is 30.7 Å². The van der Waals surface area contributed by atoms with Crippen molar-refractivity contribution in [2.45, 2.75) is 58.5 Å². The highest BCUT2D eigenvalue weighted by Gasteiger charge is 2.54. The Balaban J connectivity index is 1.91. The summed E-state index contributed by atoms with van der Waals surface area (Å²) >= 11 is 0. The van der Waals surface area contributed by atoms with Gasteiger partial charge < -0.3 is 15.3 Å². The normalized spacial score (nSPS) is 48.0. The van der Waals surface area contributed by atoms with Crippen molar-refractivity contribution >= 4 is 0 Å². The highest BCUT2D eigenvalue weighted by Crippen LogP contribution is 2.60. The lowest BCUT2D eigenvalue weighted by Crippen LogP contribution is -2.50. The zero-order chi connectivity index (χ0) is 18.2. The maximum Gasteiger partial charge on any atom is 0.0612 e. The first-order valence-corrected chi connectivity index (χ1v) is 10.2. The van der Waals surface area contributed by atoms with E-state index in [2.05, 4.69) is 26.5 Å². The van der Waals surface area contributed by atoms with Crippen molar-refractivity contribution in [2.75, 3.05) is 13.2 Å². The molecule has 25 heavy (non-hydrogen) atoms. The van der Waals surface area contributed by atoms with Crippen molar-refractivity contribution in [3.63, 3.8) is 0 Å². The van der Waals surface area contributed by atoms with Crippen LogP contribution in [-0.4, -0.2) is 34.6 Å². The van der Waals surface area contributed by atoms with Crippen molar-refractivity contribution in [3.8, 4) is 0 Å². The molecular formula is C22H36O3. The second-order valence-corrected chi connectivity index (χ2v) is 9.20. The molecule has 0 heterocycles. The number of aliphatic hydroxyl groups is 3. The van der Waals surface area contributed by atoms with Crippen LogP contribution in [0.4, 0.5) is 0 Å². The molecule has 3 saturated carbocycles. The van der Waals surface area contributed by atoms with Crippen LogP contribution in [0.2, 0.25) is 0 Å². The van der Waals surface area contributed by atoms with Gasteiger partial charge in [0.25, 0.3) is 0 Å². The van der Waals surface area contributed by atoms with Crippen LogP contribution in [-0.2, 0) is 0 Å². The number of hydrogen-bond acceptors (Lipinski definition) is 3. The van der Waals surface area contributed by atoms with E-state index in [9.17, 15) is 15.3 Å². The van der Waals surface area contributed by atoms with E-state index in [0.717, 1.165) is 32.1 Å². The SMILES string of the molecule is C=C1CCC2C(CO)C(C3(C)CCC(O)CC3C=CCO)CC(C)C12. The minimum atomic E-state index is -0.242. The minimum Gasteiger partial charge on any atom is -0.396 e. The smallest absolute Gasteiger partial charge is 0.0612 e. The maximum atomic E-state index is 10.3. The third-order valence-corrected chi connectivity index (χ3v) is 7.96. The van der Waals surface area contributed by atoms with Crippen LogP contribution >= 0.6 is 0 Å². The Morgan fingerprint density at radius 1 is 1.24 bits per heavy atom. The molecule has 8 unspecified atom stereocenters. The summed E-state index contributed by atoms with van der Waals surface area (Å²) in [5.41, 5.74) is 1.48. The zero-order valence-electron chi connectivity index (χ0n) is 15.9. The van der Waals surface area contributed by atoms with Gasteiger partial charge in [-0.3, -0.25) is 0 Å². The van der Waals surface area contributed by atoms with Gasteiger partial charge >= 0.3 is 0 Å². The van der Waals surface area contributed by atoms with Gasteiger partial charge in [0.2, 0.25) is 0 Å². The molecule has 0 aromatic heterocycles. The molecule has 0 aromatic carbocycles. The van der Waals surface area contributed by atoms with Crippen LogP contribution in [0.15, 0.2) is 24.3 Å². The number of rotatable bonds is 4. The van der Waals surface area contributed by atoms with Gasteiger partial charge in [0.1, 0.15) is 0 Å². The van der Waals surface area contributed by atoms with E-state index in [1.807, 2.05) is 6.08 Å². The van der Waals surface area contributed by atoms with Crippen LogP contribution in [0.5, 0.6) is 0 Å². The lowest BCUT2D eigenvalue weighted by Gasteiger charge is -2.55. The average Bonchev–Trinajstić information content (AvgIpc) is 2.98. The number of hydrogen-bond donors (Lipinski definition) is 3. The summed E-state index contributed by atoms with van der Waals surface area (Å²) in [5.74, 6) is 2.86. The van der Waals surface area contributed by atoms with E-state index in [4.69, 9.17) is 0 Å². The molecule has 0 saturated heterocycles. The minimum absolute atomic E-state index is 0.0533. The van der Waals surface area contributed by atoms with Crippen LogP contribution in [0.1, 0.15) is 52.4 Å². The topological polar surface area (TPSA) is 60.7 Å². The molecule has 3 nitrogen and oxygen atoms in total. The van der Waals surface area contributed by atoms with Gasteiger partial charge in [-0.15, -0.1) is 0 Å². The molecule has 3 rings (SSSR count). The van der Waals surface area contributed by atoms with E-state index in [0.29, 0.717) is 29.6 Å². The average molecular weight is 349 g/mol. The Morgan fingerprint density at radius 3 is 2.68 bits per heavy atom. The van der Waals surface area contributed by atoms with E-state index >= 15 is 0 Å². The van der Waals surface area contributed by atoms with Gasteiger partial charge in [-0.1, -0.05) is 38.2 Å². The van der Waals surface area contributed by atoms with Gasteiger partial charge in [-0.05, 0) is 79.4 Å². The molecule has 3 heteroatoms. The Kier molecular flexibility index (Phi) is 5.77. The van der Waals surface area contributed by atoms with E-state index < -0.39 is 0 Å². The summed E-state index contributed by atoms with van der Waals surface area (Å²) in [6.45, 7) is 9.38. The summed E-state index contributed by atoms with van der Waals surface area (Å²) in [7, 11) is 0. The van der Waals surface area contributed by atoms with Crippen LogP contribution < -0.4 is 0 Å². The van der Waals surface area contributed by atoms with E-state index in [1.165, 1.54) is 12.0 Å². The standard InChI is InChI=1S/C22H36O3/c1-14-6-7-18-19(13-24)20(11-15(2)21(14)18)22(3)9-8-17(25)12-16(22)5-4-10-23/h4-5,15-21,23-25H,1,6-13H2,2-3H3. The zero-order valence-corrected chi connectivity index (χ0v) is 15.9. The quantitative estimate of drug-likeness (QED) is 0.681. The molecule has 0 radical (unpaired) electrons. The van der Waals surface area contributed by atoms with Gasteiger partial charge in [-0.2, -0.15) is 0 Å². The Hall–Kier alpha value is -0.640. The molecule has 0 spiro atoms. The fourth-order valence-electron chi connectivity index (χ4n) is 6.67. The van der Waals surface area contributed by atoms with Gasteiger partial charge in [-0.25, -0.2) is 0 Å². The first-order chi connectivity index (χ1) is 11.9. The molecule has 0 aromatic rings. The summed E-state index contributed by atoms with van der Waals surface area (Å²) < 4.78 is 0. The molecule has 0 bridgehead atoms. The van der Waals surface area contributed by atoms with Crippen molar-refractivity contribution in [3.05, 3.63) is 24.3 Å². The first kappa shape index (κ1) is 19.1. The summed E-state index contributed by atoms with van der Waals surface area (Å²) in [6.07, 6.45) is 9.78. The molecule has 3 N–H and O–H groups in total. The predicted octanol–water partition coefficient (Wildman–Crippen LogP) is 3.55. The molecule has 3 aliphatic carbocycles. The third kappa shape index (κ3) is 3.36. The first-order valence-electron chi connectivity index (χ1n) is 10.2. The largest absolute Gasteiger partial charge is 0.396 e. The van der Waals surface area contributed by atoms with Crippen molar-refractivity contribution in [1.29, 1.82) is 0 Å². The molecular weight excluding hydrogens is 312 g/mol. The van der Waals surface area contributed by atoms with Crippen molar-refractivity contribution in [1.82, 2.24) is 0 Å². The second-order valence-electron chi connectivity index (χ2n) is 9.20. The maximum absolute atomic E-state index is 10.3.